The molecular formula is C26H41ClN4O5. The van der Waals surface area contributed by atoms with Crippen LogP contribution in [0.2, 0.25) is 5.02 Å². The van der Waals surface area contributed by atoms with Crippen LogP contribution < -0.4 is 16.0 Å². The van der Waals surface area contributed by atoms with Gasteiger partial charge in [0.25, 0.3) is 0 Å². The van der Waals surface area contributed by atoms with Crippen molar-refractivity contribution in [3.8, 4) is 0 Å². The summed E-state index contributed by atoms with van der Waals surface area (Å²) in [5.41, 5.74) is 0.971. The highest BCUT2D eigenvalue weighted by Gasteiger charge is 2.32. The number of likely N-dealkylation sites (tertiary alicyclic amines) is 1. The minimum Gasteiger partial charge on any atom is -0.453 e. The number of ether oxygens (including phenoxy) is 3. The van der Waals surface area contributed by atoms with Crippen LogP contribution in [-0.4, -0.2) is 83.2 Å². The topological polar surface area (TPSA) is 101 Å². The number of alkyl carbamates (subject to hydrolysis) is 1. The van der Waals surface area contributed by atoms with Crippen molar-refractivity contribution in [1.29, 1.82) is 0 Å². The Hall–Kier alpha value is -2.07. The number of amides is 3. The van der Waals surface area contributed by atoms with Gasteiger partial charge in [-0.3, -0.25) is 0 Å². The van der Waals surface area contributed by atoms with E-state index in [1.54, 1.807) is 0 Å². The number of methoxy groups -OCH3 is 1. The SMILES string of the molecule is CNC[C@H](C[C@H]1CCCOC1)NC(=O)N1CCCC(C(OCCNC(=O)OC)c2cccc(Cl)c2)C1. The van der Waals surface area contributed by atoms with E-state index >= 15 is 0 Å². The summed E-state index contributed by atoms with van der Waals surface area (Å²) < 4.78 is 16.5. The summed E-state index contributed by atoms with van der Waals surface area (Å²) in [6.45, 7) is 4.29. The Morgan fingerprint density at radius 1 is 1.28 bits per heavy atom. The monoisotopic (exact) mass is 524 g/mol. The molecule has 9 nitrogen and oxygen atoms in total. The molecule has 2 unspecified atom stereocenters. The number of halogens is 1. The molecule has 2 aliphatic heterocycles. The molecule has 0 bridgehead atoms. The van der Waals surface area contributed by atoms with E-state index < -0.39 is 6.09 Å². The van der Waals surface area contributed by atoms with Gasteiger partial charge in [-0.15, -0.1) is 0 Å². The van der Waals surface area contributed by atoms with Crippen molar-refractivity contribution in [2.45, 2.75) is 44.2 Å². The van der Waals surface area contributed by atoms with Gasteiger partial charge < -0.3 is 35.1 Å². The van der Waals surface area contributed by atoms with Crippen molar-refractivity contribution >= 4 is 23.7 Å². The van der Waals surface area contributed by atoms with Crippen LogP contribution in [0.1, 0.15) is 43.8 Å². The maximum Gasteiger partial charge on any atom is 0.406 e. The Balaban J connectivity index is 1.62. The minimum atomic E-state index is -0.491. The lowest BCUT2D eigenvalue weighted by atomic mass is 9.88. The first-order valence-electron chi connectivity index (χ1n) is 13.0. The summed E-state index contributed by atoms with van der Waals surface area (Å²) in [4.78, 5) is 26.6. The number of nitrogens with zero attached hydrogens (tertiary/aromatic N) is 1. The molecule has 3 N–H and O–H groups in total. The van der Waals surface area contributed by atoms with E-state index in [2.05, 4.69) is 20.7 Å². The van der Waals surface area contributed by atoms with E-state index in [9.17, 15) is 9.59 Å². The van der Waals surface area contributed by atoms with Gasteiger partial charge in [0.05, 0.1) is 19.8 Å². The molecule has 2 aliphatic rings. The van der Waals surface area contributed by atoms with E-state index in [1.807, 2.05) is 36.2 Å². The van der Waals surface area contributed by atoms with Crippen LogP contribution in [0, 0.1) is 11.8 Å². The van der Waals surface area contributed by atoms with E-state index in [4.69, 9.17) is 21.1 Å². The van der Waals surface area contributed by atoms with Gasteiger partial charge in [-0.25, -0.2) is 9.59 Å². The standard InChI is InChI=1S/C26H41ClN4O5/c1-28-16-23(14-19-6-5-12-35-18-19)30-25(32)31-11-4-8-21(17-31)24(20-7-3-9-22(27)15-20)36-13-10-29-26(33)34-2/h3,7,9,15,19,21,23-24,28H,4-6,8,10-14,16-18H2,1-2H3,(H,29,33)(H,30,32)/t19-,21?,23+,24?/m1/s1. The van der Waals surface area contributed by atoms with Crippen LogP contribution in [0.3, 0.4) is 0 Å². The third-order valence-corrected chi connectivity index (χ3v) is 7.09. The second-order valence-corrected chi connectivity index (χ2v) is 10.1. The van der Waals surface area contributed by atoms with E-state index in [0.29, 0.717) is 37.2 Å². The van der Waals surface area contributed by atoms with Gasteiger partial charge in [0.2, 0.25) is 0 Å². The van der Waals surface area contributed by atoms with Gasteiger partial charge in [-0.1, -0.05) is 23.7 Å². The van der Waals surface area contributed by atoms with Crippen molar-refractivity contribution in [2.24, 2.45) is 11.8 Å². The summed E-state index contributed by atoms with van der Waals surface area (Å²) >= 11 is 6.28. The van der Waals surface area contributed by atoms with Crippen LogP contribution in [0.15, 0.2) is 24.3 Å². The number of carbonyl (C=O) groups excluding carboxylic acids is 2. The smallest absolute Gasteiger partial charge is 0.406 e. The van der Waals surface area contributed by atoms with Gasteiger partial charge in [0.15, 0.2) is 0 Å². The molecule has 202 valence electrons. The number of hydrogen-bond acceptors (Lipinski definition) is 6. The average Bonchev–Trinajstić information content (AvgIpc) is 2.89. The zero-order chi connectivity index (χ0) is 25.8. The van der Waals surface area contributed by atoms with Gasteiger partial charge in [-0.2, -0.15) is 0 Å². The zero-order valence-electron chi connectivity index (χ0n) is 21.5. The number of rotatable bonds is 11. The quantitative estimate of drug-likeness (QED) is 0.382. The lowest BCUT2D eigenvalue weighted by molar-refractivity contribution is -0.00873. The first-order valence-corrected chi connectivity index (χ1v) is 13.3. The zero-order valence-corrected chi connectivity index (χ0v) is 22.2. The molecule has 3 amide bonds. The van der Waals surface area contributed by atoms with E-state index in [0.717, 1.165) is 57.4 Å². The van der Waals surface area contributed by atoms with Gasteiger partial charge in [0.1, 0.15) is 0 Å². The predicted octanol–water partition coefficient (Wildman–Crippen LogP) is 3.58. The number of carbonyl (C=O) groups is 2. The molecule has 3 rings (SSSR count). The fraction of sp³-hybridized carbons (Fsp3) is 0.692. The number of nitrogens with one attached hydrogen (secondary N) is 3. The van der Waals surface area contributed by atoms with Crippen molar-refractivity contribution < 1.29 is 23.8 Å². The van der Waals surface area contributed by atoms with Gasteiger partial charge in [0, 0.05) is 56.4 Å². The molecule has 1 aromatic carbocycles. The molecule has 2 heterocycles. The van der Waals surface area contributed by atoms with E-state index in [-0.39, 0.29) is 24.1 Å². The summed E-state index contributed by atoms with van der Waals surface area (Å²) in [5.74, 6) is 0.585. The Bertz CT molecular complexity index is 823. The number of hydrogen-bond donors (Lipinski definition) is 3. The van der Waals surface area contributed by atoms with Crippen molar-refractivity contribution in [3.63, 3.8) is 0 Å². The Morgan fingerprint density at radius 2 is 2.14 bits per heavy atom. The lowest BCUT2D eigenvalue weighted by Gasteiger charge is -2.38. The molecule has 0 aliphatic carbocycles. The van der Waals surface area contributed by atoms with Crippen molar-refractivity contribution in [3.05, 3.63) is 34.9 Å². The molecule has 36 heavy (non-hydrogen) atoms. The molecular weight excluding hydrogens is 484 g/mol. The third kappa shape index (κ3) is 9.10. The second-order valence-electron chi connectivity index (χ2n) is 9.64. The highest BCUT2D eigenvalue weighted by molar-refractivity contribution is 6.30. The predicted molar refractivity (Wildman–Crippen MR) is 139 cm³/mol. The van der Waals surface area contributed by atoms with Crippen LogP contribution in [-0.2, 0) is 14.2 Å². The van der Waals surface area contributed by atoms with Gasteiger partial charge >= 0.3 is 12.1 Å². The summed E-state index contributed by atoms with van der Waals surface area (Å²) in [7, 11) is 3.24. The normalized spacial score (nSPS) is 21.9. The summed E-state index contributed by atoms with van der Waals surface area (Å²) in [6.07, 6.45) is 4.23. The van der Waals surface area contributed by atoms with Crippen LogP contribution >= 0.6 is 11.6 Å². The van der Waals surface area contributed by atoms with Gasteiger partial charge in [-0.05, 0) is 62.8 Å². The molecule has 2 fully saturated rings. The Morgan fingerprint density at radius 3 is 2.86 bits per heavy atom. The van der Waals surface area contributed by atoms with Crippen LogP contribution in [0.25, 0.3) is 0 Å². The van der Waals surface area contributed by atoms with Crippen molar-refractivity contribution in [1.82, 2.24) is 20.9 Å². The number of piperidine rings is 1. The largest absolute Gasteiger partial charge is 0.453 e. The van der Waals surface area contributed by atoms with Crippen molar-refractivity contribution in [2.75, 3.05) is 60.2 Å². The molecule has 0 aromatic heterocycles. The molecule has 1 aromatic rings. The summed E-state index contributed by atoms with van der Waals surface area (Å²) in [6, 6.07) is 7.67. The Labute approximate surface area is 219 Å². The average molecular weight is 525 g/mol. The fourth-order valence-electron chi connectivity index (χ4n) is 5.14. The highest BCUT2D eigenvalue weighted by atomic mass is 35.5. The van der Waals surface area contributed by atoms with Crippen LogP contribution in [0.4, 0.5) is 9.59 Å². The minimum absolute atomic E-state index is 0.0334. The number of likely N-dealkylation sites (N-methyl/N-ethyl adjacent to an activating group) is 1. The lowest BCUT2D eigenvalue weighted by Crippen LogP contribution is -2.52. The molecule has 0 radical (unpaired) electrons. The first-order chi connectivity index (χ1) is 17.5. The third-order valence-electron chi connectivity index (χ3n) is 6.86. The number of urea groups is 1. The number of benzene rings is 1. The van der Waals surface area contributed by atoms with Crippen LogP contribution in [0.5, 0.6) is 0 Å². The highest BCUT2D eigenvalue weighted by Crippen LogP contribution is 2.34. The molecule has 4 atom stereocenters. The molecule has 0 saturated carbocycles. The molecule has 0 spiro atoms. The second kappa shape index (κ2) is 15.2. The van der Waals surface area contributed by atoms with E-state index in [1.165, 1.54) is 7.11 Å². The first kappa shape index (κ1) is 28.5. The maximum atomic E-state index is 13.3. The fourth-order valence-corrected chi connectivity index (χ4v) is 5.34. The molecule has 10 heteroatoms. The maximum absolute atomic E-state index is 13.3. The summed E-state index contributed by atoms with van der Waals surface area (Å²) in [5, 5.41) is 9.76. The Kier molecular flexibility index (Phi) is 12.1. The molecule has 2 saturated heterocycles.